The van der Waals surface area contributed by atoms with Crippen molar-refractivity contribution < 1.29 is 4.21 Å². The number of fused-ring (bicyclic) bond motifs is 3. The average molecular weight is 216 g/mol. The number of rotatable bonds is 0. The van der Waals surface area contributed by atoms with Crippen LogP contribution in [0.25, 0.3) is 17.0 Å². The van der Waals surface area contributed by atoms with Crippen LogP contribution in [0.4, 0.5) is 5.69 Å². The zero-order valence-electron chi connectivity index (χ0n) is 7.81. The highest BCUT2D eigenvalue weighted by Crippen LogP contribution is 2.33. The summed E-state index contributed by atoms with van der Waals surface area (Å²) in [6, 6.07) is 5.47. The minimum Gasteiger partial charge on any atom is -0.398 e. The van der Waals surface area contributed by atoms with Crippen LogP contribution in [0, 0.1) is 0 Å². The number of hydrogen-bond acceptors (Lipinski definition) is 3. The second-order valence-electron chi connectivity index (χ2n) is 3.37. The van der Waals surface area contributed by atoms with Gasteiger partial charge in [-0.25, -0.2) is 4.21 Å². The SMILES string of the molecule is Nc1ccnc2ccc3c(c12)C=CS3=O. The van der Waals surface area contributed by atoms with Crippen molar-refractivity contribution in [1.82, 2.24) is 4.98 Å². The van der Waals surface area contributed by atoms with Gasteiger partial charge in [-0.05, 0) is 24.3 Å². The van der Waals surface area contributed by atoms with E-state index in [4.69, 9.17) is 5.73 Å². The van der Waals surface area contributed by atoms with Crippen LogP contribution in [0.3, 0.4) is 0 Å². The molecule has 2 heterocycles. The Labute approximate surface area is 89.1 Å². The number of pyridine rings is 1. The van der Waals surface area contributed by atoms with Gasteiger partial charge in [0.25, 0.3) is 0 Å². The number of nitrogens with zero attached hydrogens (tertiary/aromatic N) is 1. The van der Waals surface area contributed by atoms with Gasteiger partial charge < -0.3 is 5.73 Å². The largest absolute Gasteiger partial charge is 0.398 e. The Bertz CT molecular complexity index is 619. The quantitative estimate of drug-likeness (QED) is 0.731. The van der Waals surface area contributed by atoms with Gasteiger partial charge in [0.15, 0.2) is 0 Å². The highest BCUT2D eigenvalue weighted by atomic mass is 32.2. The Kier molecular flexibility index (Phi) is 1.67. The molecule has 0 bridgehead atoms. The fourth-order valence-corrected chi connectivity index (χ4v) is 2.82. The summed E-state index contributed by atoms with van der Waals surface area (Å²) in [6.45, 7) is 0. The zero-order valence-corrected chi connectivity index (χ0v) is 8.62. The molecule has 1 aromatic heterocycles. The van der Waals surface area contributed by atoms with Crippen LogP contribution in [0.1, 0.15) is 5.56 Å². The van der Waals surface area contributed by atoms with E-state index in [0.717, 1.165) is 21.4 Å². The molecule has 0 saturated carbocycles. The number of benzene rings is 1. The Balaban J connectivity index is 2.53. The summed E-state index contributed by atoms with van der Waals surface area (Å²) in [4.78, 5) is 5.05. The molecule has 74 valence electrons. The van der Waals surface area contributed by atoms with Gasteiger partial charge in [-0.1, -0.05) is 0 Å². The molecule has 2 aromatic rings. The minimum atomic E-state index is -1.03. The van der Waals surface area contributed by atoms with Gasteiger partial charge in [-0.15, -0.1) is 0 Å². The van der Waals surface area contributed by atoms with E-state index in [9.17, 15) is 4.21 Å². The number of anilines is 1. The fourth-order valence-electron chi connectivity index (χ4n) is 1.83. The van der Waals surface area contributed by atoms with Crippen LogP contribution in [0.15, 0.2) is 34.7 Å². The molecule has 1 unspecified atom stereocenters. The maximum atomic E-state index is 11.6. The number of aromatic nitrogens is 1. The van der Waals surface area contributed by atoms with Gasteiger partial charge in [0.05, 0.1) is 21.2 Å². The Hall–Kier alpha value is -1.68. The second kappa shape index (κ2) is 2.90. The summed E-state index contributed by atoms with van der Waals surface area (Å²) in [6.07, 6.45) is 3.53. The molecular weight excluding hydrogens is 208 g/mol. The van der Waals surface area contributed by atoms with Crippen LogP contribution in [0.5, 0.6) is 0 Å². The molecule has 3 nitrogen and oxygen atoms in total. The summed E-state index contributed by atoms with van der Waals surface area (Å²) < 4.78 is 11.6. The number of nitrogen functional groups attached to an aromatic ring is 1. The summed E-state index contributed by atoms with van der Waals surface area (Å²) in [5.74, 6) is 0. The van der Waals surface area contributed by atoms with Crippen molar-refractivity contribution >= 4 is 33.5 Å². The molecule has 0 amide bonds. The van der Waals surface area contributed by atoms with Crippen molar-refractivity contribution in [3.8, 4) is 0 Å². The highest BCUT2D eigenvalue weighted by molar-refractivity contribution is 7.88. The molecule has 0 fully saturated rings. The van der Waals surface area contributed by atoms with Crippen molar-refractivity contribution in [3.63, 3.8) is 0 Å². The van der Waals surface area contributed by atoms with Gasteiger partial charge in [0.1, 0.15) is 0 Å². The van der Waals surface area contributed by atoms with Crippen LogP contribution in [-0.2, 0) is 10.8 Å². The van der Waals surface area contributed by atoms with Crippen LogP contribution in [0.2, 0.25) is 0 Å². The number of hydrogen-bond donors (Lipinski definition) is 1. The molecule has 3 rings (SSSR count). The molecule has 0 radical (unpaired) electrons. The lowest BCUT2D eigenvalue weighted by Gasteiger charge is -2.05. The fraction of sp³-hybridized carbons (Fsp3) is 0. The van der Waals surface area contributed by atoms with Crippen molar-refractivity contribution in [1.29, 1.82) is 0 Å². The third kappa shape index (κ3) is 1.11. The Morgan fingerprint density at radius 1 is 1.27 bits per heavy atom. The lowest BCUT2D eigenvalue weighted by atomic mass is 10.1. The van der Waals surface area contributed by atoms with E-state index < -0.39 is 10.8 Å². The maximum Gasteiger partial charge on any atom is 0.0782 e. The van der Waals surface area contributed by atoms with Crippen LogP contribution in [-0.4, -0.2) is 9.19 Å². The van der Waals surface area contributed by atoms with E-state index in [1.807, 2.05) is 18.2 Å². The first-order valence-electron chi connectivity index (χ1n) is 4.53. The van der Waals surface area contributed by atoms with Gasteiger partial charge >= 0.3 is 0 Å². The molecular formula is C11H8N2OS. The maximum absolute atomic E-state index is 11.6. The van der Waals surface area contributed by atoms with Crippen molar-refractivity contribution in [3.05, 3.63) is 35.4 Å². The molecule has 1 aliphatic heterocycles. The topological polar surface area (TPSA) is 56.0 Å². The van der Waals surface area contributed by atoms with Gasteiger partial charge in [-0.3, -0.25) is 4.98 Å². The van der Waals surface area contributed by atoms with E-state index in [0.29, 0.717) is 5.69 Å². The minimum absolute atomic E-state index is 0.681. The summed E-state index contributed by atoms with van der Waals surface area (Å²) in [5.41, 5.74) is 8.37. The van der Waals surface area contributed by atoms with E-state index in [2.05, 4.69) is 4.98 Å². The molecule has 1 aliphatic rings. The zero-order chi connectivity index (χ0) is 10.4. The molecule has 0 spiro atoms. The first kappa shape index (κ1) is 8.61. The first-order valence-corrected chi connectivity index (χ1v) is 5.74. The van der Waals surface area contributed by atoms with Gasteiger partial charge in [0, 0.05) is 28.2 Å². The number of nitrogens with two attached hydrogens (primary N) is 1. The Morgan fingerprint density at radius 2 is 2.13 bits per heavy atom. The molecule has 4 heteroatoms. The molecule has 2 N–H and O–H groups in total. The lowest BCUT2D eigenvalue weighted by molar-refractivity contribution is 0.689. The van der Waals surface area contributed by atoms with E-state index in [1.165, 1.54) is 0 Å². The monoisotopic (exact) mass is 216 g/mol. The average Bonchev–Trinajstić information content (AvgIpc) is 2.61. The molecule has 0 aliphatic carbocycles. The normalized spacial score (nSPS) is 18.3. The van der Waals surface area contributed by atoms with Crippen molar-refractivity contribution in [2.45, 2.75) is 4.90 Å². The highest BCUT2D eigenvalue weighted by Gasteiger charge is 2.16. The molecule has 15 heavy (non-hydrogen) atoms. The van der Waals surface area contributed by atoms with Gasteiger partial charge in [-0.2, -0.15) is 0 Å². The summed E-state index contributed by atoms with van der Waals surface area (Å²) >= 11 is 0. The predicted octanol–water partition coefficient (Wildman–Crippen LogP) is 1.91. The lowest BCUT2D eigenvalue weighted by Crippen LogP contribution is -1.93. The molecule has 1 atom stereocenters. The van der Waals surface area contributed by atoms with Crippen LogP contribution < -0.4 is 5.73 Å². The third-order valence-corrected chi connectivity index (χ3v) is 3.69. The summed E-state index contributed by atoms with van der Waals surface area (Å²) in [7, 11) is -1.03. The van der Waals surface area contributed by atoms with E-state index in [-0.39, 0.29) is 0 Å². The van der Waals surface area contributed by atoms with Gasteiger partial charge in [0.2, 0.25) is 0 Å². The third-order valence-electron chi connectivity index (χ3n) is 2.51. The van der Waals surface area contributed by atoms with E-state index >= 15 is 0 Å². The molecule has 0 saturated heterocycles. The first-order chi connectivity index (χ1) is 7.27. The summed E-state index contributed by atoms with van der Waals surface area (Å²) in [5, 5.41) is 2.58. The second-order valence-corrected chi connectivity index (χ2v) is 4.68. The smallest absolute Gasteiger partial charge is 0.0782 e. The van der Waals surface area contributed by atoms with Crippen molar-refractivity contribution in [2.24, 2.45) is 0 Å². The predicted molar refractivity (Wildman–Crippen MR) is 61.6 cm³/mol. The Morgan fingerprint density at radius 3 is 3.00 bits per heavy atom. The standard InChI is InChI=1S/C11H8N2OS/c12-8-3-5-13-9-1-2-10-7(11(8)9)4-6-15(10)14/h1-6H,(H2,12,13). The van der Waals surface area contributed by atoms with Crippen molar-refractivity contribution in [2.75, 3.05) is 5.73 Å². The van der Waals surface area contributed by atoms with E-state index in [1.54, 1.807) is 17.7 Å². The molecule has 1 aromatic carbocycles. The van der Waals surface area contributed by atoms with Crippen LogP contribution >= 0.6 is 0 Å².